The van der Waals surface area contributed by atoms with Gasteiger partial charge in [-0.2, -0.15) is 5.10 Å². The van der Waals surface area contributed by atoms with Gasteiger partial charge >= 0.3 is 0 Å². The van der Waals surface area contributed by atoms with Crippen LogP contribution in [-0.4, -0.2) is 20.3 Å². The molecule has 1 unspecified atom stereocenters. The maximum atomic E-state index is 9.88. The molecule has 78 valence electrons. The molecule has 4 N–H and O–H groups in total. The van der Waals surface area contributed by atoms with Crippen LogP contribution in [0.25, 0.3) is 0 Å². The molecule has 0 aromatic carbocycles. The number of aliphatic hydroxyl groups is 1. The number of H-pyrrole nitrogens is 1. The largest absolute Gasteiger partial charge is 0.388 e. The van der Waals surface area contributed by atoms with E-state index in [0.29, 0.717) is 17.8 Å². The van der Waals surface area contributed by atoms with Crippen LogP contribution in [-0.2, 0) is 6.42 Å². The number of hydrogen-bond donors (Lipinski definition) is 3. The van der Waals surface area contributed by atoms with Gasteiger partial charge < -0.3 is 10.8 Å². The molecule has 0 fully saturated rings. The minimum absolute atomic E-state index is 0.413. The first kappa shape index (κ1) is 9.67. The Balaban J connectivity index is 2.11. The van der Waals surface area contributed by atoms with Crippen LogP contribution in [0.5, 0.6) is 0 Å². The summed E-state index contributed by atoms with van der Waals surface area (Å²) in [4.78, 5) is 3.91. The molecule has 15 heavy (non-hydrogen) atoms. The van der Waals surface area contributed by atoms with Gasteiger partial charge in [-0.3, -0.25) is 10.1 Å². The van der Waals surface area contributed by atoms with Crippen molar-refractivity contribution in [3.05, 3.63) is 41.9 Å². The number of pyridine rings is 1. The van der Waals surface area contributed by atoms with Gasteiger partial charge in [-0.15, -0.1) is 0 Å². The fourth-order valence-corrected chi connectivity index (χ4v) is 1.42. The van der Waals surface area contributed by atoms with Crippen LogP contribution >= 0.6 is 0 Å². The van der Waals surface area contributed by atoms with Crippen LogP contribution in [0.1, 0.15) is 17.2 Å². The molecule has 0 radical (unpaired) electrons. The number of nitrogens with zero attached hydrogens (tertiary/aromatic N) is 2. The van der Waals surface area contributed by atoms with Gasteiger partial charge in [0.2, 0.25) is 0 Å². The summed E-state index contributed by atoms with van der Waals surface area (Å²) in [7, 11) is 0. The van der Waals surface area contributed by atoms with E-state index in [1.807, 2.05) is 12.1 Å². The Morgan fingerprint density at radius 1 is 1.40 bits per heavy atom. The second kappa shape index (κ2) is 4.10. The van der Waals surface area contributed by atoms with E-state index in [2.05, 4.69) is 15.2 Å². The third-order valence-electron chi connectivity index (χ3n) is 2.24. The molecule has 0 aliphatic heterocycles. The number of nitrogens with one attached hydrogen (secondary N) is 1. The predicted molar refractivity (Wildman–Crippen MR) is 55.9 cm³/mol. The smallest absolute Gasteiger partial charge is 0.124 e. The Labute approximate surface area is 87.0 Å². The minimum atomic E-state index is -0.633. The standard InChI is InChI=1S/C10H12N4O/c11-10-8(6-13-14-10)9(15)5-7-1-3-12-4-2-7/h1-4,6,9,15H,5H2,(H3,11,13,14). The molecule has 0 aliphatic rings. The van der Waals surface area contributed by atoms with E-state index in [4.69, 9.17) is 5.73 Å². The Bertz CT molecular complexity index is 426. The molecule has 0 spiro atoms. The van der Waals surface area contributed by atoms with Crippen molar-refractivity contribution in [1.82, 2.24) is 15.2 Å². The summed E-state index contributed by atoms with van der Waals surface area (Å²) in [5, 5.41) is 16.2. The van der Waals surface area contributed by atoms with E-state index in [1.165, 1.54) is 0 Å². The van der Waals surface area contributed by atoms with Gasteiger partial charge in [-0.1, -0.05) is 0 Å². The lowest BCUT2D eigenvalue weighted by Crippen LogP contribution is -2.03. The van der Waals surface area contributed by atoms with E-state index in [-0.39, 0.29) is 0 Å². The molecular weight excluding hydrogens is 192 g/mol. The quantitative estimate of drug-likeness (QED) is 0.685. The average molecular weight is 204 g/mol. The van der Waals surface area contributed by atoms with Crippen LogP contribution in [0.3, 0.4) is 0 Å². The van der Waals surface area contributed by atoms with E-state index in [9.17, 15) is 5.11 Å². The van der Waals surface area contributed by atoms with Crippen molar-refractivity contribution in [2.75, 3.05) is 5.73 Å². The highest BCUT2D eigenvalue weighted by Crippen LogP contribution is 2.21. The average Bonchev–Trinajstić information content (AvgIpc) is 2.66. The number of nitrogen functional groups attached to an aromatic ring is 1. The molecule has 2 aromatic heterocycles. The molecule has 2 rings (SSSR count). The van der Waals surface area contributed by atoms with E-state index in [0.717, 1.165) is 5.56 Å². The Morgan fingerprint density at radius 3 is 2.73 bits per heavy atom. The molecule has 0 saturated heterocycles. The van der Waals surface area contributed by atoms with E-state index < -0.39 is 6.10 Å². The zero-order valence-electron chi connectivity index (χ0n) is 8.09. The Kier molecular flexibility index (Phi) is 2.64. The van der Waals surface area contributed by atoms with Crippen molar-refractivity contribution in [2.45, 2.75) is 12.5 Å². The van der Waals surface area contributed by atoms with Crippen molar-refractivity contribution in [1.29, 1.82) is 0 Å². The van der Waals surface area contributed by atoms with E-state index >= 15 is 0 Å². The normalized spacial score (nSPS) is 12.6. The van der Waals surface area contributed by atoms with Gasteiger partial charge in [-0.25, -0.2) is 0 Å². The molecule has 1 atom stereocenters. The first-order valence-electron chi connectivity index (χ1n) is 4.63. The summed E-state index contributed by atoms with van der Waals surface area (Å²) >= 11 is 0. The number of aromatic nitrogens is 3. The second-order valence-corrected chi connectivity index (χ2v) is 3.31. The third kappa shape index (κ3) is 2.13. The first-order chi connectivity index (χ1) is 7.27. The van der Waals surface area contributed by atoms with Crippen LogP contribution in [0.4, 0.5) is 5.82 Å². The van der Waals surface area contributed by atoms with Crippen molar-refractivity contribution in [3.63, 3.8) is 0 Å². The molecule has 2 heterocycles. The van der Waals surface area contributed by atoms with Crippen molar-refractivity contribution in [2.24, 2.45) is 0 Å². The zero-order valence-corrected chi connectivity index (χ0v) is 8.09. The second-order valence-electron chi connectivity index (χ2n) is 3.31. The maximum absolute atomic E-state index is 9.88. The number of rotatable bonds is 3. The number of aliphatic hydroxyl groups excluding tert-OH is 1. The number of anilines is 1. The highest BCUT2D eigenvalue weighted by atomic mass is 16.3. The van der Waals surface area contributed by atoms with Crippen molar-refractivity contribution < 1.29 is 5.11 Å². The first-order valence-corrected chi connectivity index (χ1v) is 4.63. The third-order valence-corrected chi connectivity index (χ3v) is 2.24. The maximum Gasteiger partial charge on any atom is 0.124 e. The molecule has 0 saturated carbocycles. The summed E-state index contributed by atoms with van der Waals surface area (Å²) in [5.41, 5.74) is 7.25. The van der Waals surface area contributed by atoms with Crippen LogP contribution in [0.2, 0.25) is 0 Å². The van der Waals surface area contributed by atoms with Crippen molar-refractivity contribution in [3.8, 4) is 0 Å². The highest BCUT2D eigenvalue weighted by Gasteiger charge is 2.13. The van der Waals surface area contributed by atoms with Gasteiger partial charge in [0.05, 0.1) is 12.3 Å². The molecule has 2 aromatic rings. The van der Waals surface area contributed by atoms with Crippen molar-refractivity contribution >= 4 is 5.82 Å². The monoisotopic (exact) mass is 204 g/mol. The molecular formula is C10H12N4O. The molecule has 5 heteroatoms. The summed E-state index contributed by atoms with van der Waals surface area (Å²) < 4.78 is 0. The van der Waals surface area contributed by atoms with Gasteiger partial charge in [-0.05, 0) is 17.7 Å². The summed E-state index contributed by atoms with van der Waals surface area (Å²) in [6.07, 6.45) is 4.81. The molecule has 0 aliphatic carbocycles. The lowest BCUT2D eigenvalue weighted by atomic mass is 10.0. The van der Waals surface area contributed by atoms with Gasteiger partial charge in [0, 0.05) is 24.4 Å². The zero-order chi connectivity index (χ0) is 10.7. The number of nitrogens with two attached hydrogens (primary N) is 1. The fraction of sp³-hybridized carbons (Fsp3) is 0.200. The Hall–Kier alpha value is -1.88. The predicted octanol–water partition coefficient (Wildman–Crippen LogP) is 0.663. The van der Waals surface area contributed by atoms with Gasteiger partial charge in [0.25, 0.3) is 0 Å². The van der Waals surface area contributed by atoms with Crippen LogP contribution in [0.15, 0.2) is 30.7 Å². The molecule has 5 nitrogen and oxygen atoms in total. The number of aromatic amines is 1. The molecule has 0 amide bonds. The number of hydrogen-bond acceptors (Lipinski definition) is 4. The fourth-order valence-electron chi connectivity index (χ4n) is 1.42. The molecule has 0 bridgehead atoms. The SMILES string of the molecule is Nc1[nH]ncc1C(O)Cc1ccncc1. The summed E-state index contributed by atoms with van der Waals surface area (Å²) in [6, 6.07) is 3.72. The van der Waals surface area contributed by atoms with Crippen LogP contribution < -0.4 is 5.73 Å². The van der Waals surface area contributed by atoms with Gasteiger partial charge in [0.15, 0.2) is 0 Å². The van der Waals surface area contributed by atoms with E-state index in [1.54, 1.807) is 18.6 Å². The van der Waals surface area contributed by atoms with Gasteiger partial charge in [0.1, 0.15) is 5.82 Å². The topological polar surface area (TPSA) is 87.8 Å². The summed E-state index contributed by atoms with van der Waals surface area (Å²) in [5.74, 6) is 0.413. The summed E-state index contributed by atoms with van der Waals surface area (Å²) in [6.45, 7) is 0. The lowest BCUT2D eigenvalue weighted by molar-refractivity contribution is 0.179. The highest BCUT2D eigenvalue weighted by molar-refractivity contribution is 5.39. The Morgan fingerprint density at radius 2 is 2.13 bits per heavy atom. The minimum Gasteiger partial charge on any atom is -0.388 e. The lowest BCUT2D eigenvalue weighted by Gasteiger charge is -2.08. The van der Waals surface area contributed by atoms with Crippen LogP contribution in [0, 0.1) is 0 Å².